The summed E-state index contributed by atoms with van der Waals surface area (Å²) in [5, 5.41) is 2.36. The van der Waals surface area contributed by atoms with Crippen molar-refractivity contribution in [3.05, 3.63) is 71.8 Å². The van der Waals surface area contributed by atoms with Crippen LogP contribution in [0.1, 0.15) is 42.1 Å². The van der Waals surface area contributed by atoms with Crippen molar-refractivity contribution in [2.45, 2.75) is 31.7 Å². The van der Waals surface area contributed by atoms with E-state index in [1.807, 2.05) is 6.92 Å². The van der Waals surface area contributed by atoms with Crippen molar-refractivity contribution in [3.63, 3.8) is 0 Å². The molecule has 6 nitrogen and oxygen atoms in total. The standard InChI is InChI=1S/C21H24N2O4/c1-2-3-10-15-27-19(25)21(23-20(22)26,17-13-8-5-9-14-17)18(24)16-11-6-4-7-12-16/h4-9,11-14H,2-3,10,15H2,1H3,(H3,22,23,26). The van der Waals surface area contributed by atoms with Crippen LogP contribution >= 0.6 is 0 Å². The molecule has 0 saturated carbocycles. The van der Waals surface area contributed by atoms with Gasteiger partial charge in [0, 0.05) is 5.56 Å². The topological polar surface area (TPSA) is 98.5 Å². The number of hydrogen-bond acceptors (Lipinski definition) is 4. The highest BCUT2D eigenvalue weighted by Crippen LogP contribution is 2.28. The predicted molar refractivity (Wildman–Crippen MR) is 102 cm³/mol. The van der Waals surface area contributed by atoms with E-state index in [4.69, 9.17) is 10.5 Å². The Morgan fingerprint density at radius 1 is 0.963 bits per heavy atom. The molecule has 2 aromatic carbocycles. The first kappa shape index (κ1) is 20.2. The summed E-state index contributed by atoms with van der Waals surface area (Å²) in [5.74, 6) is -1.45. The van der Waals surface area contributed by atoms with Gasteiger partial charge < -0.3 is 15.8 Å². The van der Waals surface area contributed by atoms with Gasteiger partial charge in [-0.15, -0.1) is 0 Å². The van der Waals surface area contributed by atoms with Crippen LogP contribution in [0.5, 0.6) is 0 Å². The zero-order valence-corrected chi connectivity index (χ0v) is 15.3. The number of ether oxygens (including phenoxy) is 1. The van der Waals surface area contributed by atoms with E-state index in [1.54, 1.807) is 60.7 Å². The average Bonchev–Trinajstić information content (AvgIpc) is 2.70. The van der Waals surface area contributed by atoms with Crippen molar-refractivity contribution >= 4 is 17.8 Å². The third-order valence-electron chi connectivity index (χ3n) is 4.18. The van der Waals surface area contributed by atoms with Crippen molar-refractivity contribution in [2.24, 2.45) is 5.73 Å². The first-order valence-corrected chi connectivity index (χ1v) is 8.92. The minimum absolute atomic E-state index is 0.157. The molecule has 2 aromatic rings. The lowest BCUT2D eigenvalue weighted by Crippen LogP contribution is -2.59. The van der Waals surface area contributed by atoms with Gasteiger partial charge in [-0.2, -0.15) is 0 Å². The number of amides is 2. The summed E-state index contributed by atoms with van der Waals surface area (Å²) in [5.41, 5.74) is 3.85. The van der Waals surface area contributed by atoms with Gasteiger partial charge in [-0.1, -0.05) is 80.4 Å². The minimum atomic E-state index is -2.04. The molecule has 0 fully saturated rings. The zero-order valence-electron chi connectivity index (χ0n) is 15.3. The molecule has 0 aliphatic heterocycles. The lowest BCUT2D eigenvalue weighted by molar-refractivity contribution is -0.149. The fourth-order valence-corrected chi connectivity index (χ4v) is 2.83. The molecule has 6 heteroatoms. The van der Waals surface area contributed by atoms with Crippen LogP contribution in [-0.4, -0.2) is 24.4 Å². The molecule has 0 spiro atoms. The van der Waals surface area contributed by atoms with Crippen molar-refractivity contribution in [1.29, 1.82) is 0 Å². The minimum Gasteiger partial charge on any atom is -0.463 e. The maximum absolute atomic E-state index is 13.4. The van der Waals surface area contributed by atoms with Gasteiger partial charge in [0.1, 0.15) is 0 Å². The monoisotopic (exact) mass is 368 g/mol. The Hall–Kier alpha value is -3.15. The van der Waals surface area contributed by atoms with Crippen LogP contribution in [0.2, 0.25) is 0 Å². The quantitative estimate of drug-likeness (QED) is 0.307. The Morgan fingerprint density at radius 2 is 1.56 bits per heavy atom. The molecule has 2 rings (SSSR count). The van der Waals surface area contributed by atoms with E-state index in [9.17, 15) is 14.4 Å². The van der Waals surface area contributed by atoms with Crippen molar-refractivity contribution in [1.82, 2.24) is 5.32 Å². The average molecular weight is 368 g/mol. The normalized spacial score (nSPS) is 12.6. The molecule has 1 atom stereocenters. The van der Waals surface area contributed by atoms with Gasteiger partial charge in [-0.3, -0.25) is 4.79 Å². The highest BCUT2D eigenvalue weighted by atomic mass is 16.5. The number of ketones is 1. The fraction of sp³-hybridized carbons (Fsp3) is 0.286. The maximum Gasteiger partial charge on any atom is 0.344 e. The van der Waals surface area contributed by atoms with E-state index in [1.165, 1.54) is 0 Å². The molecule has 0 aliphatic carbocycles. The van der Waals surface area contributed by atoms with Crippen molar-refractivity contribution < 1.29 is 19.1 Å². The number of esters is 1. The third kappa shape index (κ3) is 4.73. The molecule has 0 heterocycles. The molecule has 0 bridgehead atoms. The lowest BCUT2D eigenvalue weighted by Gasteiger charge is -2.31. The molecule has 3 N–H and O–H groups in total. The van der Waals surface area contributed by atoms with E-state index < -0.39 is 23.3 Å². The van der Waals surface area contributed by atoms with Crippen LogP contribution in [0, 0.1) is 0 Å². The molecule has 0 saturated heterocycles. The van der Waals surface area contributed by atoms with Gasteiger partial charge in [0.15, 0.2) is 0 Å². The summed E-state index contributed by atoms with van der Waals surface area (Å²) in [6.45, 7) is 2.19. The number of urea groups is 1. The molecule has 0 radical (unpaired) electrons. The van der Waals surface area contributed by atoms with Gasteiger partial charge in [0.25, 0.3) is 0 Å². The Balaban J connectivity index is 2.51. The molecule has 142 valence electrons. The third-order valence-corrected chi connectivity index (χ3v) is 4.18. The van der Waals surface area contributed by atoms with Gasteiger partial charge >= 0.3 is 12.0 Å². The molecule has 2 amide bonds. The van der Waals surface area contributed by atoms with Gasteiger partial charge in [0.05, 0.1) is 6.61 Å². The van der Waals surface area contributed by atoms with Crippen LogP contribution in [0.25, 0.3) is 0 Å². The summed E-state index contributed by atoms with van der Waals surface area (Å²) < 4.78 is 5.38. The number of rotatable bonds is 9. The molecule has 0 aliphatic rings. The number of carbonyl (C=O) groups excluding carboxylic acids is 3. The van der Waals surface area contributed by atoms with Crippen LogP contribution in [0.15, 0.2) is 60.7 Å². The van der Waals surface area contributed by atoms with Crippen LogP contribution in [0.3, 0.4) is 0 Å². The van der Waals surface area contributed by atoms with E-state index >= 15 is 0 Å². The number of Topliss-reactive ketones (excluding diaryl/α,β-unsaturated/α-hetero) is 1. The van der Waals surface area contributed by atoms with E-state index in [0.717, 1.165) is 12.8 Å². The van der Waals surface area contributed by atoms with Crippen LogP contribution < -0.4 is 11.1 Å². The Bertz CT molecular complexity index is 777. The SMILES string of the molecule is CCCCCOC(=O)C(NC(N)=O)(C(=O)c1ccccc1)c1ccccc1. The number of hydrogen-bond donors (Lipinski definition) is 2. The van der Waals surface area contributed by atoms with E-state index in [0.29, 0.717) is 6.42 Å². The lowest BCUT2D eigenvalue weighted by atomic mass is 9.82. The van der Waals surface area contributed by atoms with E-state index in [2.05, 4.69) is 5.32 Å². The molecule has 27 heavy (non-hydrogen) atoms. The van der Waals surface area contributed by atoms with E-state index in [-0.39, 0.29) is 17.7 Å². The molecular weight excluding hydrogens is 344 g/mol. The Labute approximate surface area is 158 Å². The smallest absolute Gasteiger partial charge is 0.344 e. The van der Waals surface area contributed by atoms with Gasteiger partial charge in [0.2, 0.25) is 11.3 Å². The first-order chi connectivity index (χ1) is 13.0. The molecular formula is C21H24N2O4. The second-order valence-electron chi connectivity index (χ2n) is 6.14. The number of primary amides is 1. The largest absolute Gasteiger partial charge is 0.463 e. The van der Waals surface area contributed by atoms with Crippen LogP contribution in [0.4, 0.5) is 4.79 Å². The second kappa shape index (κ2) is 9.52. The maximum atomic E-state index is 13.4. The summed E-state index contributed by atoms with van der Waals surface area (Å²) in [4.78, 5) is 38.2. The summed E-state index contributed by atoms with van der Waals surface area (Å²) >= 11 is 0. The number of unbranched alkanes of at least 4 members (excludes halogenated alkanes) is 2. The van der Waals surface area contributed by atoms with Crippen molar-refractivity contribution in [3.8, 4) is 0 Å². The molecule has 0 aromatic heterocycles. The van der Waals surface area contributed by atoms with Gasteiger partial charge in [-0.25, -0.2) is 9.59 Å². The fourth-order valence-electron chi connectivity index (χ4n) is 2.83. The number of nitrogens with two attached hydrogens (primary N) is 1. The number of benzene rings is 2. The highest BCUT2D eigenvalue weighted by Gasteiger charge is 2.50. The highest BCUT2D eigenvalue weighted by molar-refractivity contribution is 6.18. The van der Waals surface area contributed by atoms with Gasteiger partial charge in [-0.05, 0) is 12.0 Å². The summed E-state index contributed by atoms with van der Waals surface area (Å²) in [6.07, 6.45) is 2.52. The van der Waals surface area contributed by atoms with Crippen LogP contribution in [-0.2, 0) is 15.1 Å². The summed E-state index contributed by atoms with van der Waals surface area (Å²) in [7, 11) is 0. The predicted octanol–water partition coefficient (Wildman–Crippen LogP) is 3.17. The summed E-state index contributed by atoms with van der Waals surface area (Å²) in [6, 6.07) is 15.6. The zero-order chi connectivity index (χ0) is 19.7. The first-order valence-electron chi connectivity index (χ1n) is 8.92. The molecule has 1 unspecified atom stereocenters. The Kier molecular flexibility index (Phi) is 7.11. The second-order valence-corrected chi connectivity index (χ2v) is 6.14. The number of nitrogens with one attached hydrogen (secondary N) is 1. The van der Waals surface area contributed by atoms with Crippen molar-refractivity contribution in [2.75, 3.05) is 6.61 Å². The Morgan fingerprint density at radius 3 is 2.11 bits per heavy atom. The number of carbonyl (C=O) groups is 3.